The van der Waals surface area contributed by atoms with Crippen LogP contribution in [0.2, 0.25) is 0 Å². The minimum atomic E-state index is 0.295. The largest absolute Gasteiger partial charge is 0.305 e. The van der Waals surface area contributed by atoms with Crippen LogP contribution in [0.15, 0.2) is 36.5 Å². The quantitative estimate of drug-likeness (QED) is 0.895. The number of aromatic nitrogens is 2. The van der Waals surface area contributed by atoms with Crippen LogP contribution < -0.4 is 5.32 Å². The molecule has 1 atom stereocenters. The number of rotatable bonds is 3. The summed E-state index contributed by atoms with van der Waals surface area (Å²) in [5.74, 6) is 0. The molecule has 1 aliphatic heterocycles. The molecule has 18 heavy (non-hydrogen) atoms. The summed E-state index contributed by atoms with van der Waals surface area (Å²) in [6.45, 7) is 4.22. The average Bonchev–Trinajstić information content (AvgIpc) is 2.87. The molecule has 2 heterocycles. The first-order chi connectivity index (χ1) is 8.90. The lowest BCUT2D eigenvalue weighted by atomic mass is 9.92. The van der Waals surface area contributed by atoms with E-state index in [1.165, 1.54) is 16.8 Å². The summed E-state index contributed by atoms with van der Waals surface area (Å²) in [5.41, 5.74) is 4.15. The molecule has 1 aromatic heterocycles. The molecule has 0 spiro atoms. The minimum Gasteiger partial charge on any atom is -0.305 e. The Balaban J connectivity index is 2.00. The summed E-state index contributed by atoms with van der Waals surface area (Å²) in [6.07, 6.45) is 4.14. The van der Waals surface area contributed by atoms with E-state index in [0.717, 1.165) is 25.9 Å². The first-order valence-corrected chi connectivity index (χ1v) is 6.73. The molecular weight excluding hydrogens is 222 g/mol. The second-order valence-electron chi connectivity index (χ2n) is 4.82. The highest BCUT2D eigenvalue weighted by molar-refractivity contribution is 5.37. The molecule has 0 amide bonds. The van der Waals surface area contributed by atoms with Crippen molar-refractivity contribution in [3.05, 3.63) is 53.3 Å². The van der Waals surface area contributed by atoms with Gasteiger partial charge >= 0.3 is 0 Å². The predicted molar refractivity (Wildman–Crippen MR) is 72.5 cm³/mol. The van der Waals surface area contributed by atoms with Crippen molar-refractivity contribution in [3.63, 3.8) is 0 Å². The zero-order chi connectivity index (χ0) is 12.4. The normalized spacial score (nSPS) is 18.6. The average molecular weight is 241 g/mol. The number of nitrogens with one attached hydrogen (secondary N) is 1. The SMILES string of the molecule is CCCn1nccc1C1NCCc2ccccc21. The fourth-order valence-corrected chi connectivity index (χ4v) is 2.76. The predicted octanol–water partition coefficient (Wildman–Crippen LogP) is 2.53. The third-order valence-corrected chi connectivity index (χ3v) is 3.59. The van der Waals surface area contributed by atoms with Crippen LogP contribution in [0.1, 0.15) is 36.2 Å². The van der Waals surface area contributed by atoms with Gasteiger partial charge in [-0.3, -0.25) is 4.68 Å². The van der Waals surface area contributed by atoms with Gasteiger partial charge in [0.1, 0.15) is 0 Å². The summed E-state index contributed by atoms with van der Waals surface area (Å²) < 4.78 is 2.12. The highest BCUT2D eigenvalue weighted by Gasteiger charge is 2.23. The molecule has 2 aromatic rings. The van der Waals surface area contributed by atoms with Crippen molar-refractivity contribution in [1.29, 1.82) is 0 Å². The number of hydrogen-bond donors (Lipinski definition) is 1. The van der Waals surface area contributed by atoms with E-state index < -0.39 is 0 Å². The Morgan fingerprint density at radius 2 is 2.22 bits per heavy atom. The molecule has 0 aliphatic carbocycles. The number of nitrogens with zero attached hydrogens (tertiary/aromatic N) is 2. The summed E-state index contributed by atoms with van der Waals surface area (Å²) in [6, 6.07) is 11.2. The van der Waals surface area contributed by atoms with Gasteiger partial charge in [-0.05, 0) is 30.0 Å². The van der Waals surface area contributed by atoms with E-state index in [9.17, 15) is 0 Å². The van der Waals surface area contributed by atoms with Gasteiger partial charge in [0, 0.05) is 19.3 Å². The van der Waals surface area contributed by atoms with Gasteiger partial charge in [0.25, 0.3) is 0 Å². The van der Waals surface area contributed by atoms with Gasteiger partial charge in [-0.15, -0.1) is 0 Å². The minimum absolute atomic E-state index is 0.295. The monoisotopic (exact) mass is 241 g/mol. The molecule has 0 saturated heterocycles. The lowest BCUT2D eigenvalue weighted by molar-refractivity contribution is 0.497. The maximum atomic E-state index is 4.43. The summed E-state index contributed by atoms with van der Waals surface area (Å²) in [5, 5.41) is 8.05. The Morgan fingerprint density at radius 1 is 1.33 bits per heavy atom. The molecule has 0 bridgehead atoms. The van der Waals surface area contributed by atoms with Crippen molar-refractivity contribution >= 4 is 0 Å². The van der Waals surface area contributed by atoms with Gasteiger partial charge in [0.2, 0.25) is 0 Å². The van der Waals surface area contributed by atoms with Crippen LogP contribution in [0, 0.1) is 0 Å². The molecule has 3 heteroatoms. The van der Waals surface area contributed by atoms with Crippen LogP contribution in [-0.2, 0) is 13.0 Å². The van der Waals surface area contributed by atoms with E-state index in [1.54, 1.807) is 0 Å². The summed E-state index contributed by atoms with van der Waals surface area (Å²) >= 11 is 0. The Bertz CT molecular complexity index is 530. The standard InChI is InChI=1S/C15H19N3/c1-2-11-18-14(8-10-17-18)15-13-6-4-3-5-12(13)7-9-16-15/h3-6,8,10,15-16H,2,7,9,11H2,1H3. The third-order valence-electron chi connectivity index (χ3n) is 3.59. The van der Waals surface area contributed by atoms with Crippen LogP contribution in [0.25, 0.3) is 0 Å². The molecule has 0 radical (unpaired) electrons. The van der Waals surface area contributed by atoms with Crippen LogP contribution >= 0.6 is 0 Å². The Hall–Kier alpha value is -1.61. The highest BCUT2D eigenvalue weighted by atomic mass is 15.3. The first kappa shape index (κ1) is 11.5. The molecule has 1 aliphatic rings. The molecule has 1 unspecified atom stereocenters. The number of aryl methyl sites for hydroxylation is 1. The van der Waals surface area contributed by atoms with Crippen molar-refractivity contribution in [1.82, 2.24) is 15.1 Å². The number of fused-ring (bicyclic) bond motifs is 1. The smallest absolute Gasteiger partial charge is 0.0751 e. The molecule has 3 rings (SSSR count). The molecule has 3 nitrogen and oxygen atoms in total. The zero-order valence-electron chi connectivity index (χ0n) is 10.8. The maximum absolute atomic E-state index is 4.43. The highest BCUT2D eigenvalue weighted by Crippen LogP contribution is 2.28. The number of benzene rings is 1. The lowest BCUT2D eigenvalue weighted by Crippen LogP contribution is -2.32. The Labute approximate surface area is 108 Å². The molecule has 1 aromatic carbocycles. The van der Waals surface area contributed by atoms with Crippen LogP contribution in [0.4, 0.5) is 0 Å². The van der Waals surface area contributed by atoms with Crippen LogP contribution in [-0.4, -0.2) is 16.3 Å². The molecule has 94 valence electrons. The van der Waals surface area contributed by atoms with Gasteiger partial charge in [-0.2, -0.15) is 5.10 Å². The van der Waals surface area contributed by atoms with Gasteiger partial charge in [0.05, 0.1) is 11.7 Å². The Kier molecular flexibility index (Phi) is 3.15. The molecular formula is C15H19N3. The van der Waals surface area contributed by atoms with E-state index >= 15 is 0 Å². The van der Waals surface area contributed by atoms with Gasteiger partial charge in [0.15, 0.2) is 0 Å². The third kappa shape index (κ3) is 1.95. The van der Waals surface area contributed by atoms with E-state index in [1.807, 2.05) is 6.20 Å². The second kappa shape index (κ2) is 4.94. The van der Waals surface area contributed by atoms with Gasteiger partial charge in [-0.1, -0.05) is 31.2 Å². The van der Waals surface area contributed by atoms with Crippen molar-refractivity contribution in [2.45, 2.75) is 32.4 Å². The second-order valence-corrected chi connectivity index (χ2v) is 4.82. The molecule has 0 saturated carbocycles. The van der Waals surface area contributed by atoms with Crippen molar-refractivity contribution in [2.24, 2.45) is 0 Å². The maximum Gasteiger partial charge on any atom is 0.0751 e. The fraction of sp³-hybridized carbons (Fsp3) is 0.400. The van der Waals surface area contributed by atoms with Crippen molar-refractivity contribution in [3.8, 4) is 0 Å². The Morgan fingerprint density at radius 3 is 3.11 bits per heavy atom. The van der Waals surface area contributed by atoms with E-state index in [0.29, 0.717) is 6.04 Å². The molecule has 0 fully saturated rings. The van der Waals surface area contributed by atoms with Gasteiger partial charge < -0.3 is 5.32 Å². The van der Waals surface area contributed by atoms with Gasteiger partial charge in [-0.25, -0.2) is 0 Å². The van der Waals surface area contributed by atoms with E-state index in [4.69, 9.17) is 0 Å². The number of hydrogen-bond acceptors (Lipinski definition) is 2. The fourth-order valence-electron chi connectivity index (χ4n) is 2.76. The van der Waals surface area contributed by atoms with E-state index in [2.05, 4.69) is 52.4 Å². The van der Waals surface area contributed by atoms with Crippen LogP contribution in [0.5, 0.6) is 0 Å². The van der Waals surface area contributed by atoms with Crippen molar-refractivity contribution in [2.75, 3.05) is 6.54 Å². The summed E-state index contributed by atoms with van der Waals surface area (Å²) in [7, 11) is 0. The van der Waals surface area contributed by atoms with Crippen LogP contribution in [0.3, 0.4) is 0 Å². The topological polar surface area (TPSA) is 29.9 Å². The van der Waals surface area contributed by atoms with E-state index in [-0.39, 0.29) is 0 Å². The first-order valence-electron chi connectivity index (χ1n) is 6.73. The summed E-state index contributed by atoms with van der Waals surface area (Å²) in [4.78, 5) is 0. The lowest BCUT2D eigenvalue weighted by Gasteiger charge is -2.27. The van der Waals surface area contributed by atoms with Crippen molar-refractivity contribution < 1.29 is 0 Å². The molecule has 1 N–H and O–H groups in total. The zero-order valence-corrected chi connectivity index (χ0v) is 10.8.